The van der Waals surface area contributed by atoms with Crippen LogP contribution in [0.1, 0.15) is 36.2 Å². The summed E-state index contributed by atoms with van der Waals surface area (Å²) in [6.45, 7) is 0.670. The Balaban J connectivity index is 1.61. The summed E-state index contributed by atoms with van der Waals surface area (Å²) >= 11 is 2.04. The van der Waals surface area contributed by atoms with Gasteiger partial charge in [0.05, 0.1) is 0 Å². The van der Waals surface area contributed by atoms with Crippen molar-refractivity contribution >= 4 is 17.7 Å². The number of fused-ring (bicyclic) bond motifs is 2. The van der Waals surface area contributed by atoms with Crippen LogP contribution in [0.3, 0.4) is 0 Å². The summed E-state index contributed by atoms with van der Waals surface area (Å²) in [5, 5.41) is 11.2. The summed E-state index contributed by atoms with van der Waals surface area (Å²) in [7, 11) is 0. The summed E-state index contributed by atoms with van der Waals surface area (Å²) < 4.78 is 1.49. The van der Waals surface area contributed by atoms with Gasteiger partial charge in [0.15, 0.2) is 11.4 Å². The molecule has 3 aliphatic rings. The van der Waals surface area contributed by atoms with E-state index in [4.69, 9.17) is 0 Å². The van der Waals surface area contributed by atoms with Crippen molar-refractivity contribution in [3.05, 3.63) is 28.2 Å². The number of carbonyl (C=O) groups excluding carboxylic acids is 1. The summed E-state index contributed by atoms with van der Waals surface area (Å²) in [5.41, 5.74) is 2.76. The Kier molecular flexibility index (Phi) is 2.92. The van der Waals surface area contributed by atoms with E-state index in [2.05, 4.69) is 5.43 Å². The molecule has 6 nitrogen and oxygen atoms in total. The number of rotatable bonds is 2. The normalized spacial score (nSPS) is 27.8. The minimum absolute atomic E-state index is 0.0482. The molecule has 3 heterocycles. The molecule has 2 unspecified atom stereocenters. The van der Waals surface area contributed by atoms with Gasteiger partial charge in [-0.15, -0.1) is 0 Å². The van der Waals surface area contributed by atoms with Crippen LogP contribution < -0.4 is 10.9 Å². The van der Waals surface area contributed by atoms with Gasteiger partial charge in [-0.3, -0.25) is 14.3 Å². The molecule has 0 bridgehead atoms. The number of pyridine rings is 1. The topological polar surface area (TPSA) is 74.6 Å². The van der Waals surface area contributed by atoms with Gasteiger partial charge >= 0.3 is 0 Å². The first-order valence-corrected chi connectivity index (χ1v) is 8.25. The number of nitrogens with one attached hydrogen (secondary N) is 1. The highest BCUT2D eigenvalue weighted by atomic mass is 32.2. The smallest absolute Gasteiger partial charge is 0.278 e. The summed E-state index contributed by atoms with van der Waals surface area (Å²) in [5.74, 6) is -0.730. The van der Waals surface area contributed by atoms with Gasteiger partial charge in [0.2, 0.25) is 5.43 Å². The first kappa shape index (κ1) is 13.1. The fraction of sp³-hybridized carbons (Fsp3) is 0.571. The van der Waals surface area contributed by atoms with Crippen LogP contribution in [0.25, 0.3) is 0 Å². The Morgan fingerprint density at radius 3 is 2.81 bits per heavy atom. The van der Waals surface area contributed by atoms with Crippen molar-refractivity contribution in [2.75, 3.05) is 12.0 Å². The molecule has 1 amide bonds. The second kappa shape index (κ2) is 4.69. The lowest BCUT2D eigenvalue weighted by molar-refractivity contribution is 0.0575. The van der Waals surface area contributed by atoms with Crippen LogP contribution in [-0.4, -0.2) is 43.8 Å². The van der Waals surface area contributed by atoms with E-state index in [0.29, 0.717) is 11.8 Å². The second-order valence-electron chi connectivity index (χ2n) is 5.87. The highest BCUT2D eigenvalue weighted by Gasteiger charge is 2.40. The zero-order valence-electron chi connectivity index (χ0n) is 11.5. The molecular weight excluding hydrogens is 290 g/mol. The fourth-order valence-electron chi connectivity index (χ4n) is 3.03. The maximum absolute atomic E-state index is 12.5. The molecule has 7 heteroatoms. The van der Waals surface area contributed by atoms with Gasteiger partial charge in [-0.25, -0.2) is 0 Å². The van der Waals surface area contributed by atoms with E-state index >= 15 is 0 Å². The molecule has 112 valence electrons. The van der Waals surface area contributed by atoms with Gasteiger partial charge in [0.25, 0.3) is 5.91 Å². The number of aromatic nitrogens is 1. The Morgan fingerprint density at radius 1 is 1.24 bits per heavy atom. The maximum Gasteiger partial charge on any atom is 0.278 e. The van der Waals surface area contributed by atoms with Crippen LogP contribution in [0.15, 0.2) is 17.1 Å². The molecule has 21 heavy (non-hydrogen) atoms. The third-order valence-electron chi connectivity index (χ3n) is 4.29. The number of aromatic hydroxyl groups is 1. The first-order chi connectivity index (χ1) is 10.1. The number of hydrogen-bond acceptors (Lipinski definition) is 5. The molecule has 2 atom stereocenters. The van der Waals surface area contributed by atoms with Gasteiger partial charge in [0.1, 0.15) is 6.17 Å². The standard InChI is InChI=1S/C14H17N3O3S/c18-10-4-6-17-12(13(10)19)14(20)16-5-3-9(7-11(16)15-17)21-8-1-2-8/h4,6,8-9,11,15,19H,1-3,5,7H2. The summed E-state index contributed by atoms with van der Waals surface area (Å²) in [6.07, 6.45) is 5.98. The van der Waals surface area contributed by atoms with Crippen LogP contribution in [0, 0.1) is 0 Å². The summed E-state index contributed by atoms with van der Waals surface area (Å²) in [6, 6.07) is 1.27. The number of nitrogens with zero attached hydrogens (tertiary/aromatic N) is 2. The maximum atomic E-state index is 12.5. The molecule has 2 fully saturated rings. The number of hydrogen-bond donors (Lipinski definition) is 2. The van der Waals surface area contributed by atoms with Crippen LogP contribution in [-0.2, 0) is 0 Å². The van der Waals surface area contributed by atoms with Crippen molar-refractivity contribution in [2.45, 2.75) is 42.3 Å². The summed E-state index contributed by atoms with van der Waals surface area (Å²) in [4.78, 5) is 25.8. The van der Waals surface area contributed by atoms with Crippen molar-refractivity contribution in [3.8, 4) is 5.75 Å². The van der Waals surface area contributed by atoms with E-state index in [0.717, 1.165) is 18.1 Å². The van der Waals surface area contributed by atoms with Gasteiger partial charge in [-0.2, -0.15) is 11.8 Å². The van der Waals surface area contributed by atoms with E-state index in [1.54, 1.807) is 4.90 Å². The third-order valence-corrected chi connectivity index (χ3v) is 5.96. The predicted octanol–water partition coefficient (Wildman–Crippen LogP) is 0.937. The molecule has 1 aliphatic carbocycles. The quantitative estimate of drug-likeness (QED) is 0.850. The number of amides is 1. The van der Waals surface area contributed by atoms with Crippen molar-refractivity contribution in [1.82, 2.24) is 9.58 Å². The van der Waals surface area contributed by atoms with Gasteiger partial charge in [-0.1, -0.05) is 0 Å². The average molecular weight is 307 g/mol. The molecule has 1 saturated heterocycles. The van der Waals surface area contributed by atoms with E-state index in [1.807, 2.05) is 11.8 Å². The molecule has 4 rings (SSSR count). The van der Waals surface area contributed by atoms with Crippen LogP contribution in [0.4, 0.5) is 0 Å². The lowest BCUT2D eigenvalue weighted by Gasteiger charge is -2.43. The first-order valence-electron chi connectivity index (χ1n) is 7.31. The minimum Gasteiger partial charge on any atom is -0.502 e. The van der Waals surface area contributed by atoms with Crippen molar-refractivity contribution < 1.29 is 9.90 Å². The predicted molar refractivity (Wildman–Crippen MR) is 80.2 cm³/mol. The molecule has 1 aromatic heterocycles. The zero-order chi connectivity index (χ0) is 14.6. The number of thioether (sulfide) groups is 1. The molecule has 1 aromatic rings. The molecule has 2 N–H and O–H groups in total. The fourth-order valence-corrected chi connectivity index (χ4v) is 4.52. The molecule has 1 saturated carbocycles. The van der Waals surface area contributed by atoms with Crippen molar-refractivity contribution in [3.63, 3.8) is 0 Å². The van der Waals surface area contributed by atoms with E-state index < -0.39 is 11.2 Å². The lowest BCUT2D eigenvalue weighted by Crippen LogP contribution is -2.57. The van der Waals surface area contributed by atoms with E-state index in [1.165, 1.54) is 29.8 Å². The molecule has 0 radical (unpaired) electrons. The van der Waals surface area contributed by atoms with Gasteiger partial charge in [0, 0.05) is 29.3 Å². The zero-order valence-corrected chi connectivity index (χ0v) is 12.3. The Bertz CT molecular complexity index is 655. The van der Waals surface area contributed by atoms with Crippen LogP contribution in [0.2, 0.25) is 0 Å². The highest BCUT2D eigenvalue weighted by Crippen LogP contribution is 2.41. The van der Waals surface area contributed by atoms with Crippen LogP contribution in [0.5, 0.6) is 5.75 Å². The largest absolute Gasteiger partial charge is 0.502 e. The average Bonchev–Trinajstić information content (AvgIpc) is 3.27. The van der Waals surface area contributed by atoms with Crippen molar-refractivity contribution in [1.29, 1.82) is 0 Å². The van der Waals surface area contributed by atoms with Crippen LogP contribution >= 0.6 is 11.8 Å². The SMILES string of the molecule is O=C1c2c(O)c(=O)ccn2NC2CC(SC3CC3)CCN12. The molecule has 0 spiro atoms. The molecule has 2 aliphatic heterocycles. The number of piperidine rings is 1. The van der Waals surface area contributed by atoms with E-state index in [9.17, 15) is 14.7 Å². The Morgan fingerprint density at radius 2 is 2.05 bits per heavy atom. The third kappa shape index (κ3) is 2.19. The molecule has 0 aromatic carbocycles. The monoisotopic (exact) mass is 307 g/mol. The molecular formula is C14H17N3O3S. The Hall–Kier alpha value is -1.63. The lowest BCUT2D eigenvalue weighted by atomic mass is 10.1. The highest BCUT2D eigenvalue weighted by molar-refractivity contribution is 8.00. The van der Waals surface area contributed by atoms with Crippen molar-refractivity contribution in [2.24, 2.45) is 0 Å². The Labute approximate surface area is 126 Å². The van der Waals surface area contributed by atoms with E-state index in [-0.39, 0.29) is 17.8 Å². The second-order valence-corrected chi connectivity index (χ2v) is 7.48. The minimum atomic E-state index is -0.519. The van der Waals surface area contributed by atoms with Gasteiger partial charge < -0.3 is 15.4 Å². The number of carbonyl (C=O) groups is 1. The van der Waals surface area contributed by atoms with Gasteiger partial charge in [-0.05, 0) is 25.7 Å².